The van der Waals surface area contributed by atoms with Crippen molar-refractivity contribution in [2.75, 3.05) is 6.54 Å². The lowest BCUT2D eigenvalue weighted by atomic mass is 10.1. The second-order valence-corrected chi connectivity index (χ2v) is 3.49. The van der Waals surface area contributed by atoms with Gasteiger partial charge < -0.3 is 0 Å². The molecule has 1 rings (SSSR count). The molecule has 0 radical (unpaired) electrons. The molecule has 0 N–H and O–H groups in total. The minimum absolute atomic E-state index is 0.542. The third-order valence-corrected chi connectivity index (χ3v) is 2.41. The van der Waals surface area contributed by atoms with E-state index < -0.39 is 0 Å². The number of rotatable bonds is 2. The van der Waals surface area contributed by atoms with Crippen molar-refractivity contribution in [3.8, 4) is 6.07 Å². The quantitative estimate of drug-likeness (QED) is 0.603. The first-order valence-corrected chi connectivity index (χ1v) is 4.38. The van der Waals surface area contributed by atoms with Crippen LogP contribution in [0.25, 0.3) is 0 Å². The third-order valence-electron chi connectivity index (χ3n) is 2.41. The lowest BCUT2D eigenvalue weighted by Gasteiger charge is -2.26. The molecule has 11 heavy (non-hydrogen) atoms. The molecular weight excluding hydrogens is 136 g/mol. The van der Waals surface area contributed by atoms with Crippen LogP contribution < -0.4 is 0 Å². The summed E-state index contributed by atoms with van der Waals surface area (Å²) in [5.41, 5.74) is 0. The topological polar surface area (TPSA) is 27.0 Å². The Kier molecular flexibility index (Phi) is 2.90. The van der Waals surface area contributed by atoms with E-state index in [1.807, 2.05) is 0 Å². The van der Waals surface area contributed by atoms with Gasteiger partial charge in [-0.05, 0) is 33.2 Å². The maximum absolute atomic E-state index is 8.55. The largest absolute Gasteiger partial charge is 0.297 e. The number of nitriles is 1. The highest BCUT2D eigenvalue weighted by Crippen LogP contribution is 2.21. The summed E-state index contributed by atoms with van der Waals surface area (Å²) >= 11 is 0. The van der Waals surface area contributed by atoms with Gasteiger partial charge in [-0.2, -0.15) is 5.26 Å². The predicted molar refractivity (Wildman–Crippen MR) is 45.1 cm³/mol. The highest BCUT2D eigenvalue weighted by Gasteiger charge is 2.25. The van der Waals surface area contributed by atoms with Crippen LogP contribution in [0.1, 0.15) is 33.1 Å². The number of nitrogens with zero attached hydrogens (tertiary/aromatic N) is 2. The molecule has 1 atom stereocenters. The Balaban J connectivity index is 2.45. The number of likely N-dealkylation sites (tertiary alicyclic amines) is 1. The third kappa shape index (κ3) is 1.94. The zero-order valence-electron chi connectivity index (χ0n) is 7.38. The van der Waals surface area contributed by atoms with Gasteiger partial charge in [0.05, 0.1) is 12.5 Å². The van der Waals surface area contributed by atoms with Crippen LogP contribution in [0.15, 0.2) is 0 Å². The summed E-state index contributed by atoms with van der Waals surface area (Å²) in [6, 6.07) is 3.40. The van der Waals surface area contributed by atoms with Crippen LogP contribution in [0, 0.1) is 11.3 Å². The summed E-state index contributed by atoms with van der Waals surface area (Å²) < 4.78 is 0. The summed E-state index contributed by atoms with van der Waals surface area (Å²) in [6.45, 7) is 5.59. The van der Waals surface area contributed by atoms with E-state index in [2.05, 4.69) is 24.8 Å². The van der Waals surface area contributed by atoms with Crippen molar-refractivity contribution < 1.29 is 0 Å². The van der Waals surface area contributed by atoms with Gasteiger partial charge in [-0.1, -0.05) is 0 Å². The maximum Gasteiger partial charge on any atom is 0.0638 e. The summed E-state index contributed by atoms with van der Waals surface area (Å²) in [6.07, 6.45) is 3.19. The van der Waals surface area contributed by atoms with E-state index in [0.29, 0.717) is 18.5 Å². The molecule has 2 heteroatoms. The molecule has 1 unspecified atom stereocenters. The Bertz CT molecular complexity index is 157. The van der Waals surface area contributed by atoms with Crippen LogP contribution in [0.2, 0.25) is 0 Å². The monoisotopic (exact) mass is 152 g/mol. The van der Waals surface area contributed by atoms with Crippen LogP contribution in [0.4, 0.5) is 0 Å². The molecule has 0 saturated carbocycles. The fourth-order valence-corrected chi connectivity index (χ4v) is 1.86. The molecule has 1 saturated heterocycles. The standard InChI is InChI=1S/C9H16N2/c1-8(2)11-7-3-4-9(11)5-6-10/h8-9H,3-5,7H2,1-2H3. The normalized spacial score (nSPS) is 25.8. The zero-order valence-corrected chi connectivity index (χ0v) is 7.38. The van der Waals surface area contributed by atoms with Gasteiger partial charge in [0.25, 0.3) is 0 Å². The molecule has 1 fully saturated rings. The summed E-state index contributed by atoms with van der Waals surface area (Å²) in [5, 5.41) is 8.55. The second-order valence-electron chi connectivity index (χ2n) is 3.49. The molecule has 62 valence electrons. The summed E-state index contributed by atoms with van der Waals surface area (Å²) in [5.74, 6) is 0. The molecule has 0 amide bonds. The van der Waals surface area contributed by atoms with Crippen molar-refractivity contribution in [3.05, 3.63) is 0 Å². The predicted octanol–water partition coefficient (Wildman–Crippen LogP) is 1.77. The molecule has 1 heterocycles. The molecule has 0 aromatic heterocycles. The zero-order chi connectivity index (χ0) is 8.27. The summed E-state index contributed by atoms with van der Waals surface area (Å²) in [7, 11) is 0. The van der Waals surface area contributed by atoms with Gasteiger partial charge in [0.15, 0.2) is 0 Å². The van der Waals surface area contributed by atoms with Crippen molar-refractivity contribution >= 4 is 0 Å². The van der Waals surface area contributed by atoms with Gasteiger partial charge in [0, 0.05) is 12.1 Å². The molecule has 0 aliphatic carbocycles. The SMILES string of the molecule is CC(C)N1CCCC1CC#N. The van der Waals surface area contributed by atoms with E-state index in [1.165, 1.54) is 19.4 Å². The molecule has 0 spiro atoms. The van der Waals surface area contributed by atoms with Crippen molar-refractivity contribution in [2.24, 2.45) is 0 Å². The Morgan fingerprint density at radius 2 is 2.36 bits per heavy atom. The smallest absolute Gasteiger partial charge is 0.0638 e. The first kappa shape index (κ1) is 8.55. The van der Waals surface area contributed by atoms with Gasteiger partial charge in [-0.15, -0.1) is 0 Å². The van der Waals surface area contributed by atoms with E-state index in [0.717, 1.165) is 0 Å². The van der Waals surface area contributed by atoms with Gasteiger partial charge >= 0.3 is 0 Å². The van der Waals surface area contributed by atoms with Crippen molar-refractivity contribution in [1.29, 1.82) is 5.26 Å². The van der Waals surface area contributed by atoms with Crippen LogP contribution in [-0.2, 0) is 0 Å². The number of hydrogen-bond donors (Lipinski definition) is 0. The van der Waals surface area contributed by atoms with Crippen molar-refractivity contribution in [1.82, 2.24) is 4.90 Å². The first-order chi connectivity index (χ1) is 5.25. The Hall–Kier alpha value is -0.550. The minimum Gasteiger partial charge on any atom is -0.297 e. The average Bonchev–Trinajstić information content (AvgIpc) is 2.36. The van der Waals surface area contributed by atoms with Gasteiger partial charge in [-0.25, -0.2) is 0 Å². The van der Waals surface area contributed by atoms with Crippen molar-refractivity contribution in [2.45, 2.75) is 45.2 Å². The molecule has 2 nitrogen and oxygen atoms in total. The first-order valence-electron chi connectivity index (χ1n) is 4.38. The molecule has 1 aliphatic heterocycles. The van der Waals surface area contributed by atoms with Crippen molar-refractivity contribution in [3.63, 3.8) is 0 Å². The lowest BCUT2D eigenvalue weighted by molar-refractivity contribution is 0.206. The highest BCUT2D eigenvalue weighted by molar-refractivity contribution is 4.88. The average molecular weight is 152 g/mol. The van der Waals surface area contributed by atoms with E-state index in [-0.39, 0.29) is 0 Å². The molecule has 0 bridgehead atoms. The highest BCUT2D eigenvalue weighted by atomic mass is 15.2. The molecule has 1 aliphatic rings. The van der Waals surface area contributed by atoms with E-state index in [1.54, 1.807) is 0 Å². The van der Waals surface area contributed by atoms with Crippen LogP contribution in [0.5, 0.6) is 0 Å². The van der Waals surface area contributed by atoms with E-state index in [9.17, 15) is 0 Å². The van der Waals surface area contributed by atoms with Crippen LogP contribution >= 0.6 is 0 Å². The van der Waals surface area contributed by atoms with Gasteiger partial charge in [0.1, 0.15) is 0 Å². The Morgan fingerprint density at radius 3 is 2.91 bits per heavy atom. The van der Waals surface area contributed by atoms with Gasteiger partial charge in [-0.3, -0.25) is 4.90 Å². The fraction of sp³-hybridized carbons (Fsp3) is 0.889. The van der Waals surface area contributed by atoms with Crippen LogP contribution in [0.3, 0.4) is 0 Å². The Morgan fingerprint density at radius 1 is 1.64 bits per heavy atom. The molecular formula is C9H16N2. The van der Waals surface area contributed by atoms with Gasteiger partial charge in [0.2, 0.25) is 0 Å². The van der Waals surface area contributed by atoms with E-state index in [4.69, 9.17) is 5.26 Å². The fourth-order valence-electron chi connectivity index (χ4n) is 1.86. The minimum atomic E-state index is 0.542. The molecule has 0 aromatic carbocycles. The maximum atomic E-state index is 8.55. The molecule has 0 aromatic rings. The second kappa shape index (κ2) is 3.73. The number of hydrogen-bond acceptors (Lipinski definition) is 2. The van der Waals surface area contributed by atoms with E-state index >= 15 is 0 Å². The lowest BCUT2D eigenvalue weighted by Crippen LogP contribution is -2.35. The van der Waals surface area contributed by atoms with Crippen LogP contribution in [-0.4, -0.2) is 23.5 Å². The summed E-state index contributed by atoms with van der Waals surface area (Å²) in [4.78, 5) is 2.43. The Labute approximate surface area is 68.8 Å².